The van der Waals surface area contributed by atoms with Crippen LogP contribution < -0.4 is 11.2 Å². The van der Waals surface area contributed by atoms with Crippen molar-refractivity contribution in [2.45, 2.75) is 24.4 Å². The van der Waals surface area contributed by atoms with Gasteiger partial charge in [0.25, 0.3) is 5.56 Å². The van der Waals surface area contributed by atoms with Crippen molar-refractivity contribution in [3.8, 4) is 11.3 Å². The quantitative estimate of drug-likeness (QED) is 0.484. The molecule has 158 valence electrons. The number of hydrogen-bond acceptors (Lipinski definition) is 5. The predicted molar refractivity (Wildman–Crippen MR) is 99.0 cm³/mol. The summed E-state index contributed by atoms with van der Waals surface area (Å²) < 4.78 is 54.2. The summed E-state index contributed by atoms with van der Waals surface area (Å²) in [7, 11) is 0. The molecule has 0 aromatic carbocycles. The Kier molecular flexibility index (Phi) is 4.07. The van der Waals surface area contributed by atoms with Gasteiger partial charge in [0, 0.05) is 36.3 Å². The number of alkyl halides is 3. The molecule has 2 atom stereocenters. The summed E-state index contributed by atoms with van der Waals surface area (Å²) >= 11 is 0. The third kappa shape index (κ3) is 3.29. The lowest BCUT2D eigenvalue weighted by Gasteiger charge is -2.09. The van der Waals surface area contributed by atoms with Gasteiger partial charge in [0.05, 0.1) is 22.5 Å². The van der Waals surface area contributed by atoms with Crippen molar-refractivity contribution in [3.05, 3.63) is 80.4 Å². The highest BCUT2D eigenvalue weighted by Crippen LogP contribution is 2.55. The fourth-order valence-electron chi connectivity index (χ4n) is 3.66. The fraction of sp³-hybridized carbons (Fsp3) is 0.211. The molecule has 0 radical (unpaired) electrons. The van der Waals surface area contributed by atoms with Crippen molar-refractivity contribution in [1.29, 1.82) is 0 Å². The van der Waals surface area contributed by atoms with Gasteiger partial charge >= 0.3 is 11.9 Å². The molecule has 0 bridgehead atoms. The minimum atomic E-state index is -4.68. The Balaban J connectivity index is 1.55. The zero-order valence-corrected chi connectivity index (χ0v) is 15.4. The van der Waals surface area contributed by atoms with E-state index in [1.807, 2.05) is 0 Å². The van der Waals surface area contributed by atoms with E-state index >= 15 is 0 Å². The Morgan fingerprint density at radius 2 is 1.94 bits per heavy atom. The first-order chi connectivity index (χ1) is 14.7. The maximum atomic E-state index is 14.4. The molecule has 1 fully saturated rings. The molecule has 1 aliphatic carbocycles. The molecular formula is C19H12F4N6O2. The number of hydrogen-bond donors (Lipinski definition) is 2. The van der Waals surface area contributed by atoms with Crippen molar-refractivity contribution >= 4 is 5.65 Å². The third-order valence-electron chi connectivity index (χ3n) is 5.22. The molecule has 0 unspecified atom stereocenters. The predicted octanol–water partition coefficient (Wildman–Crippen LogP) is 2.60. The molecule has 0 spiro atoms. The molecule has 4 aromatic rings. The summed E-state index contributed by atoms with van der Waals surface area (Å²) in [5.41, 5.74) is -1.01. The largest absolute Gasteiger partial charge is 0.417 e. The number of pyridine rings is 1. The minimum Gasteiger partial charge on any atom is -0.313 e. The lowest BCUT2D eigenvalue weighted by Crippen LogP contribution is -2.23. The van der Waals surface area contributed by atoms with Crippen LogP contribution in [0.3, 0.4) is 0 Å². The molecular weight excluding hydrogens is 420 g/mol. The number of fused-ring (bicyclic) bond motifs is 1. The van der Waals surface area contributed by atoms with E-state index in [2.05, 4.69) is 25.0 Å². The highest BCUT2D eigenvalue weighted by molar-refractivity contribution is 5.63. The maximum absolute atomic E-state index is 14.4. The minimum absolute atomic E-state index is 0.0528. The number of nitrogens with one attached hydrogen (secondary N) is 2. The SMILES string of the molecule is O=c1[nH]cc(-c2cc([C@H]3C[C@@H]3c3ncc(C(F)(F)F)cc3F)c3nccn3n2)c(=O)[nH]1. The normalized spacial score (nSPS) is 18.5. The van der Waals surface area contributed by atoms with Crippen molar-refractivity contribution in [3.63, 3.8) is 0 Å². The number of nitrogens with zero attached hydrogens (tertiary/aromatic N) is 4. The Morgan fingerprint density at radius 1 is 1.13 bits per heavy atom. The number of aromatic amines is 2. The van der Waals surface area contributed by atoms with Gasteiger partial charge in [-0.15, -0.1) is 0 Å². The topological polar surface area (TPSA) is 109 Å². The van der Waals surface area contributed by atoms with Crippen LogP contribution >= 0.6 is 0 Å². The fourth-order valence-corrected chi connectivity index (χ4v) is 3.66. The number of aromatic nitrogens is 6. The summed E-state index contributed by atoms with van der Waals surface area (Å²) in [6.07, 6.45) is 0.691. The third-order valence-corrected chi connectivity index (χ3v) is 5.22. The molecule has 0 amide bonds. The Bertz CT molecular complexity index is 1440. The second kappa shape index (κ2) is 6.59. The molecule has 1 saturated carbocycles. The van der Waals surface area contributed by atoms with Gasteiger partial charge in [0.2, 0.25) is 0 Å². The zero-order chi connectivity index (χ0) is 21.9. The molecule has 2 N–H and O–H groups in total. The average Bonchev–Trinajstić information content (AvgIpc) is 3.34. The molecule has 4 heterocycles. The monoisotopic (exact) mass is 432 g/mol. The molecule has 5 rings (SSSR count). The van der Waals surface area contributed by atoms with Crippen molar-refractivity contribution in [1.82, 2.24) is 29.5 Å². The van der Waals surface area contributed by atoms with Gasteiger partial charge in [-0.05, 0) is 24.5 Å². The second-order valence-corrected chi connectivity index (χ2v) is 7.20. The Hall–Kier alpha value is -3.83. The Morgan fingerprint density at radius 3 is 2.65 bits per heavy atom. The molecule has 0 aliphatic heterocycles. The van der Waals surface area contributed by atoms with Gasteiger partial charge in [-0.25, -0.2) is 18.7 Å². The van der Waals surface area contributed by atoms with Crippen LogP contribution in [0, 0.1) is 5.82 Å². The van der Waals surface area contributed by atoms with Crippen molar-refractivity contribution in [2.24, 2.45) is 0 Å². The van der Waals surface area contributed by atoms with Crippen LogP contribution in [0.25, 0.3) is 16.9 Å². The summed E-state index contributed by atoms with van der Waals surface area (Å²) in [4.78, 5) is 35.9. The van der Waals surface area contributed by atoms with Crippen LogP contribution in [0.5, 0.6) is 0 Å². The van der Waals surface area contributed by atoms with Crippen molar-refractivity contribution < 1.29 is 17.6 Å². The highest BCUT2D eigenvalue weighted by atomic mass is 19.4. The van der Waals surface area contributed by atoms with E-state index in [-0.39, 0.29) is 22.9 Å². The summed E-state index contributed by atoms with van der Waals surface area (Å²) in [6, 6.07) is 2.05. The summed E-state index contributed by atoms with van der Waals surface area (Å²) in [6.45, 7) is 0. The molecule has 1 aliphatic rings. The van der Waals surface area contributed by atoms with Crippen LogP contribution in [-0.2, 0) is 6.18 Å². The van der Waals surface area contributed by atoms with Gasteiger partial charge in [0.1, 0.15) is 5.82 Å². The van der Waals surface area contributed by atoms with Gasteiger partial charge in [-0.3, -0.25) is 14.8 Å². The number of imidazole rings is 1. The molecule has 0 saturated heterocycles. The molecule has 12 heteroatoms. The first-order valence-electron chi connectivity index (χ1n) is 9.11. The van der Waals surface area contributed by atoms with E-state index in [0.29, 0.717) is 29.9 Å². The van der Waals surface area contributed by atoms with Gasteiger partial charge in [0.15, 0.2) is 5.65 Å². The summed E-state index contributed by atoms with van der Waals surface area (Å²) in [5, 5.41) is 4.32. The van der Waals surface area contributed by atoms with Gasteiger partial charge < -0.3 is 4.98 Å². The van der Waals surface area contributed by atoms with Crippen LogP contribution in [0.15, 0.2) is 46.5 Å². The maximum Gasteiger partial charge on any atom is 0.417 e. The Labute approximate surface area is 169 Å². The van der Waals surface area contributed by atoms with Crippen LogP contribution in [0.2, 0.25) is 0 Å². The van der Waals surface area contributed by atoms with Crippen LogP contribution in [0.1, 0.15) is 35.1 Å². The lowest BCUT2D eigenvalue weighted by atomic mass is 10.1. The number of H-pyrrole nitrogens is 2. The molecule has 31 heavy (non-hydrogen) atoms. The van der Waals surface area contributed by atoms with Crippen LogP contribution in [-0.4, -0.2) is 29.5 Å². The number of halogens is 4. The molecule has 8 nitrogen and oxygen atoms in total. The lowest BCUT2D eigenvalue weighted by molar-refractivity contribution is -0.138. The standard InChI is InChI=1S/C19H12F4N6O2/c20-13-3-8(19(21,22)23)6-25-15(13)10-4-9(10)11-5-14(28-29-2-1-24-16(11)29)12-7-26-18(31)27-17(12)30/h1-3,5-7,9-10H,4H2,(H2,26,27,30,31)/t9-,10-/m0/s1. The summed E-state index contributed by atoms with van der Waals surface area (Å²) in [5.74, 6) is -1.73. The van der Waals surface area contributed by atoms with E-state index < -0.39 is 34.7 Å². The highest BCUT2D eigenvalue weighted by Gasteiger charge is 2.44. The van der Waals surface area contributed by atoms with Crippen LogP contribution in [0.4, 0.5) is 17.6 Å². The van der Waals surface area contributed by atoms with E-state index in [9.17, 15) is 27.2 Å². The van der Waals surface area contributed by atoms with Gasteiger partial charge in [-0.2, -0.15) is 18.3 Å². The first-order valence-corrected chi connectivity index (χ1v) is 9.11. The van der Waals surface area contributed by atoms with Gasteiger partial charge in [-0.1, -0.05) is 0 Å². The van der Waals surface area contributed by atoms with E-state index in [1.54, 1.807) is 12.3 Å². The molecule has 4 aromatic heterocycles. The second-order valence-electron chi connectivity index (χ2n) is 7.20. The number of rotatable bonds is 3. The zero-order valence-electron chi connectivity index (χ0n) is 15.4. The van der Waals surface area contributed by atoms with E-state index in [0.717, 1.165) is 0 Å². The smallest absolute Gasteiger partial charge is 0.313 e. The average molecular weight is 432 g/mol. The first kappa shape index (κ1) is 19.2. The van der Waals surface area contributed by atoms with E-state index in [4.69, 9.17) is 0 Å². The van der Waals surface area contributed by atoms with E-state index in [1.165, 1.54) is 16.9 Å². The van der Waals surface area contributed by atoms with Crippen molar-refractivity contribution in [2.75, 3.05) is 0 Å².